The molecular weight excluding hydrogens is 322 g/mol. The van der Waals surface area contributed by atoms with Gasteiger partial charge in [-0.3, -0.25) is 0 Å². The third-order valence-corrected chi connectivity index (χ3v) is 5.86. The number of nitrogens with zero attached hydrogens (tertiary/aromatic N) is 2. The lowest BCUT2D eigenvalue weighted by Gasteiger charge is -2.27. The van der Waals surface area contributed by atoms with Crippen LogP contribution in [0.15, 0.2) is 41.2 Å². The average molecular weight is 349 g/mol. The second kappa shape index (κ2) is 7.61. The third kappa shape index (κ3) is 4.14. The Balaban J connectivity index is 1.25. The molecule has 1 unspecified atom stereocenters. The molecule has 2 saturated carbocycles. The van der Waals surface area contributed by atoms with Gasteiger partial charge in [0.1, 0.15) is 5.82 Å². The Bertz CT molecular complexity index is 739. The maximum absolute atomic E-state index is 8.99. The van der Waals surface area contributed by atoms with Gasteiger partial charge in [-0.2, -0.15) is 5.26 Å². The van der Waals surface area contributed by atoms with Crippen LogP contribution in [-0.4, -0.2) is 24.3 Å². The van der Waals surface area contributed by atoms with Crippen molar-refractivity contribution < 1.29 is 0 Å². The Kier molecular flexibility index (Phi) is 5.05. The molecule has 3 aliphatic rings. The summed E-state index contributed by atoms with van der Waals surface area (Å²) in [5.41, 5.74) is 7.56. The van der Waals surface area contributed by atoms with Crippen molar-refractivity contribution in [3.63, 3.8) is 0 Å². The molecule has 1 heterocycles. The van der Waals surface area contributed by atoms with Crippen molar-refractivity contribution in [1.29, 1.82) is 5.26 Å². The van der Waals surface area contributed by atoms with E-state index in [1.165, 1.54) is 19.3 Å². The highest BCUT2D eigenvalue weighted by Gasteiger charge is 2.43. The standard InChI is InChI=1S/C21H27N5/c22-12-14-2-1-3-18(10-14)26-21-9-4-15(13-24-21)19-11-20(19)25-17-7-5-16(23)6-8-17/h1-3,9-10,13,15-17,19-20,25-26H,4-8,11,23H2/t15?,16?,17?,19-,20+/m1/s1. The van der Waals surface area contributed by atoms with Crippen molar-refractivity contribution in [3.05, 3.63) is 41.7 Å². The van der Waals surface area contributed by atoms with Crippen molar-refractivity contribution >= 4 is 11.9 Å². The summed E-state index contributed by atoms with van der Waals surface area (Å²) in [6.45, 7) is 0. The van der Waals surface area contributed by atoms with Crippen molar-refractivity contribution in [3.8, 4) is 6.07 Å². The zero-order valence-electron chi connectivity index (χ0n) is 15.1. The molecule has 3 atom stereocenters. The molecule has 1 aromatic carbocycles. The van der Waals surface area contributed by atoms with E-state index in [4.69, 9.17) is 11.0 Å². The molecule has 1 aliphatic heterocycles. The Morgan fingerprint density at radius 1 is 1.19 bits per heavy atom. The van der Waals surface area contributed by atoms with Gasteiger partial charge in [-0.1, -0.05) is 6.07 Å². The molecule has 5 heteroatoms. The lowest BCUT2D eigenvalue weighted by Crippen LogP contribution is -2.39. The first-order valence-electron chi connectivity index (χ1n) is 9.74. The van der Waals surface area contributed by atoms with E-state index in [9.17, 15) is 0 Å². The minimum atomic E-state index is 0.415. The topological polar surface area (TPSA) is 86.2 Å². The van der Waals surface area contributed by atoms with E-state index in [0.29, 0.717) is 35.5 Å². The fourth-order valence-electron chi connectivity index (χ4n) is 4.19. The van der Waals surface area contributed by atoms with E-state index in [-0.39, 0.29) is 0 Å². The molecule has 2 aliphatic carbocycles. The van der Waals surface area contributed by atoms with Gasteiger partial charge in [0.05, 0.1) is 11.6 Å². The highest BCUT2D eigenvalue weighted by atomic mass is 15.0. The van der Waals surface area contributed by atoms with Crippen molar-refractivity contribution in [2.24, 2.45) is 22.6 Å². The summed E-state index contributed by atoms with van der Waals surface area (Å²) >= 11 is 0. The van der Waals surface area contributed by atoms with Crippen LogP contribution in [-0.2, 0) is 0 Å². The zero-order chi connectivity index (χ0) is 17.9. The van der Waals surface area contributed by atoms with Crippen molar-refractivity contribution in [2.75, 3.05) is 5.32 Å². The number of rotatable bonds is 5. The molecule has 0 saturated heterocycles. The maximum atomic E-state index is 8.99. The SMILES string of the molecule is N#Cc1cccc(NC2=CCC([C@H]3C[C@@H]3NC3CCC(N)CC3)C=N2)c1. The third-order valence-electron chi connectivity index (χ3n) is 5.86. The molecule has 4 rings (SSSR count). The molecule has 0 amide bonds. The molecule has 2 fully saturated rings. The van der Waals surface area contributed by atoms with E-state index >= 15 is 0 Å². The normalized spacial score (nSPS) is 33.2. The molecule has 0 bridgehead atoms. The summed E-state index contributed by atoms with van der Waals surface area (Å²) in [5, 5.41) is 16.1. The second-order valence-corrected chi connectivity index (χ2v) is 7.87. The number of anilines is 1. The molecule has 0 radical (unpaired) electrons. The van der Waals surface area contributed by atoms with Gasteiger partial charge in [0, 0.05) is 35.9 Å². The second-order valence-electron chi connectivity index (χ2n) is 7.87. The molecule has 5 nitrogen and oxygen atoms in total. The molecule has 4 N–H and O–H groups in total. The summed E-state index contributed by atoms with van der Waals surface area (Å²) in [6, 6.07) is 11.4. The highest BCUT2D eigenvalue weighted by molar-refractivity contribution is 5.67. The number of aliphatic imine (C=N–C) groups is 1. The molecule has 1 aromatic rings. The number of benzene rings is 1. The van der Waals surface area contributed by atoms with Crippen molar-refractivity contribution in [2.45, 2.75) is 56.7 Å². The number of nitrogens with one attached hydrogen (secondary N) is 2. The van der Waals surface area contributed by atoms with Crippen LogP contribution in [0.4, 0.5) is 5.69 Å². The van der Waals surface area contributed by atoms with Crippen molar-refractivity contribution in [1.82, 2.24) is 5.32 Å². The Hall–Kier alpha value is -2.16. The Labute approximate surface area is 155 Å². The number of nitriles is 1. The van der Waals surface area contributed by atoms with Crippen LogP contribution in [0, 0.1) is 23.2 Å². The van der Waals surface area contributed by atoms with Gasteiger partial charge in [0.2, 0.25) is 0 Å². The van der Waals surface area contributed by atoms with Gasteiger partial charge in [0.25, 0.3) is 0 Å². The first-order chi connectivity index (χ1) is 12.7. The zero-order valence-corrected chi connectivity index (χ0v) is 15.1. The van der Waals surface area contributed by atoms with E-state index < -0.39 is 0 Å². The molecule has 0 spiro atoms. The first kappa shape index (κ1) is 17.3. The van der Waals surface area contributed by atoms with Gasteiger partial charge < -0.3 is 16.4 Å². The van der Waals surface area contributed by atoms with Crippen LogP contribution < -0.4 is 16.4 Å². The highest BCUT2D eigenvalue weighted by Crippen LogP contribution is 2.41. The number of nitrogens with two attached hydrogens (primary N) is 1. The average Bonchev–Trinajstić information content (AvgIpc) is 3.43. The van der Waals surface area contributed by atoms with E-state index in [0.717, 1.165) is 30.8 Å². The molecular formula is C21H27N5. The van der Waals surface area contributed by atoms with Gasteiger partial charge in [0.15, 0.2) is 0 Å². The number of hydrogen-bond acceptors (Lipinski definition) is 5. The quantitative estimate of drug-likeness (QED) is 0.762. The summed E-state index contributed by atoms with van der Waals surface area (Å²) < 4.78 is 0. The number of hydrogen-bond donors (Lipinski definition) is 3. The van der Waals surface area contributed by atoms with Crippen LogP contribution >= 0.6 is 0 Å². The summed E-state index contributed by atoms with van der Waals surface area (Å²) in [6.07, 6.45) is 11.3. The van der Waals surface area contributed by atoms with E-state index in [2.05, 4.69) is 34.0 Å². The van der Waals surface area contributed by atoms with E-state index in [1.54, 1.807) is 6.07 Å². The minimum Gasteiger partial charge on any atom is -0.340 e. The molecule has 0 aromatic heterocycles. The van der Waals surface area contributed by atoms with Crippen LogP contribution in [0.3, 0.4) is 0 Å². The lowest BCUT2D eigenvalue weighted by molar-refractivity contribution is 0.334. The maximum Gasteiger partial charge on any atom is 0.125 e. The smallest absolute Gasteiger partial charge is 0.125 e. The van der Waals surface area contributed by atoms with Crippen LogP contribution in [0.5, 0.6) is 0 Å². The summed E-state index contributed by atoms with van der Waals surface area (Å²) in [4.78, 5) is 4.61. The van der Waals surface area contributed by atoms with Crippen LogP contribution in [0.1, 0.15) is 44.1 Å². The predicted molar refractivity (Wildman–Crippen MR) is 105 cm³/mol. The van der Waals surface area contributed by atoms with Gasteiger partial charge >= 0.3 is 0 Å². The monoisotopic (exact) mass is 349 g/mol. The fraction of sp³-hybridized carbons (Fsp3) is 0.524. The van der Waals surface area contributed by atoms with Crippen LogP contribution in [0.25, 0.3) is 0 Å². The number of allylic oxidation sites excluding steroid dienone is 1. The molecule has 136 valence electrons. The first-order valence-corrected chi connectivity index (χ1v) is 9.74. The summed E-state index contributed by atoms with van der Waals surface area (Å²) in [5.74, 6) is 2.13. The molecule has 26 heavy (non-hydrogen) atoms. The van der Waals surface area contributed by atoms with Gasteiger partial charge in [-0.05, 0) is 68.7 Å². The predicted octanol–water partition coefficient (Wildman–Crippen LogP) is 3.15. The Morgan fingerprint density at radius 2 is 2.04 bits per heavy atom. The Morgan fingerprint density at radius 3 is 2.77 bits per heavy atom. The van der Waals surface area contributed by atoms with Gasteiger partial charge in [-0.25, -0.2) is 4.99 Å². The summed E-state index contributed by atoms with van der Waals surface area (Å²) in [7, 11) is 0. The van der Waals surface area contributed by atoms with E-state index in [1.807, 2.05) is 18.2 Å². The lowest BCUT2D eigenvalue weighted by atomic mass is 9.91. The largest absolute Gasteiger partial charge is 0.340 e. The van der Waals surface area contributed by atoms with Gasteiger partial charge in [-0.15, -0.1) is 0 Å². The van der Waals surface area contributed by atoms with Crippen LogP contribution in [0.2, 0.25) is 0 Å². The minimum absolute atomic E-state index is 0.415. The fourth-order valence-corrected chi connectivity index (χ4v) is 4.19.